The second-order valence-electron chi connectivity index (χ2n) is 5.82. The standard InChI is InChI=1S/C16H29N/c1-14(2)8-7-9-15(3)12-13-17-16-10-5-4-6-11-16/h8,13,15-16H,4-7,9-12H2,1-3H3. The van der Waals surface area contributed by atoms with Crippen molar-refractivity contribution in [2.45, 2.75) is 78.2 Å². The maximum absolute atomic E-state index is 4.73. The third kappa shape index (κ3) is 7.36. The molecule has 1 unspecified atom stereocenters. The van der Waals surface area contributed by atoms with Gasteiger partial charge in [0.2, 0.25) is 0 Å². The summed E-state index contributed by atoms with van der Waals surface area (Å²) in [6, 6.07) is 0.647. The Kier molecular flexibility index (Phi) is 7.23. The lowest BCUT2D eigenvalue weighted by molar-refractivity contribution is 0.443. The van der Waals surface area contributed by atoms with Gasteiger partial charge in [0.25, 0.3) is 0 Å². The van der Waals surface area contributed by atoms with E-state index in [-0.39, 0.29) is 0 Å². The number of allylic oxidation sites excluding steroid dienone is 2. The number of hydrogen-bond donors (Lipinski definition) is 0. The first-order valence-corrected chi connectivity index (χ1v) is 7.33. The van der Waals surface area contributed by atoms with Crippen LogP contribution in [0.25, 0.3) is 0 Å². The van der Waals surface area contributed by atoms with Gasteiger partial charge in [0.1, 0.15) is 0 Å². The molecule has 17 heavy (non-hydrogen) atoms. The van der Waals surface area contributed by atoms with Gasteiger partial charge in [0, 0.05) is 6.04 Å². The lowest BCUT2D eigenvalue weighted by Gasteiger charge is -2.17. The predicted octanol–water partition coefficient (Wildman–Crippen LogP) is 5.16. The smallest absolute Gasteiger partial charge is 0.0495 e. The molecule has 1 aliphatic carbocycles. The normalized spacial score (nSPS) is 19.5. The molecule has 1 aliphatic rings. The minimum atomic E-state index is 0.647. The van der Waals surface area contributed by atoms with E-state index in [1.165, 1.54) is 50.5 Å². The molecule has 1 saturated carbocycles. The van der Waals surface area contributed by atoms with Crippen LogP contribution < -0.4 is 0 Å². The minimum Gasteiger partial charge on any atom is -0.294 e. The Morgan fingerprint density at radius 2 is 1.94 bits per heavy atom. The van der Waals surface area contributed by atoms with Crippen molar-refractivity contribution in [3.63, 3.8) is 0 Å². The largest absolute Gasteiger partial charge is 0.294 e. The number of rotatable bonds is 6. The van der Waals surface area contributed by atoms with Crippen molar-refractivity contribution < 1.29 is 0 Å². The van der Waals surface area contributed by atoms with Crippen LogP contribution in [0, 0.1) is 5.92 Å². The summed E-state index contributed by atoms with van der Waals surface area (Å²) in [5.74, 6) is 0.776. The van der Waals surface area contributed by atoms with E-state index in [9.17, 15) is 0 Å². The van der Waals surface area contributed by atoms with Crippen LogP contribution in [0.5, 0.6) is 0 Å². The molecule has 0 radical (unpaired) electrons. The first-order chi connectivity index (χ1) is 8.18. The molecule has 1 rings (SSSR count). The average molecular weight is 235 g/mol. The van der Waals surface area contributed by atoms with E-state index in [1.54, 1.807) is 0 Å². The zero-order valence-electron chi connectivity index (χ0n) is 11.9. The molecule has 0 N–H and O–H groups in total. The van der Waals surface area contributed by atoms with Gasteiger partial charge < -0.3 is 0 Å². The minimum absolute atomic E-state index is 0.647. The van der Waals surface area contributed by atoms with Gasteiger partial charge in [-0.15, -0.1) is 0 Å². The third-order valence-electron chi connectivity index (χ3n) is 3.61. The van der Waals surface area contributed by atoms with E-state index in [0.717, 1.165) is 12.3 Å². The Morgan fingerprint density at radius 3 is 2.59 bits per heavy atom. The topological polar surface area (TPSA) is 12.4 Å². The summed E-state index contributed by atoms with van der Waals surface area (Å²) in [4.78, 5) is 4.73. The van der Waals surface area contributed by atoms with E-state index < -0.39 is 0 Å². The van der Waals surface area contributed by atoms with Gasteiger partial charge in [-0.05, 0) is 58.1 Å². The molecule has 0 spiro atoms. The number of hydrogen-bond acceptors (Lipinski definition) is 1. The number of aliphatic imine (C=N–C) groups is 1. The highest BCUT2D eigenvalue weighted by atomic mass is 14.8. The van der Waals surface area contributed by atoms with E-state index >= 15 is 0 Å². The second-order valence-corrected chi connectivity index (χ2v) is 5.82. The summed E-state index contributed by atoms with van der Waals surface area (Å²) in [6.45, 7) is 6.69. The van der Waals surface area contributed by atoms with Crippen molar-refractivity contribution in [2.24, 2.45) is 10.9 Å². The molecule has 0 saturated heterocycles. The Labute approximate surface area is 107 Å². The molecule has 1 fully saturated rings. The number of nitrogens with zero attached hydrogens (tertiary/aromatic N) is 1. The quantitative estimate of drug-likeness (QED) is 0.445. The molecule has 0 heterocycles. The monoisotopic (exact) mass is 235 g/mol. The van der Waals surface area contributed by atoms with E-state index in [1.807, 2.05) is 0 Å². The summed E-state index contributed by atoms with van der Waals surface area (Å²) in [7, 11) is 0. The Bertz CT molecular complexity index is 242. The van der Waals surface area contributed by atoms with Gasteiger partial charge in [-0.25, -0.2) is 0 Å². The van der Waals surface area contributed by atoms with Crippen LogP contribution in [0.15, 0.2) is 16.6 Å². The molecular formula is C16H29N. The van der Waals surface area contributed by atoms with Crippen LogP contribution in [0.3, 0.4) is 0 Å². The first-order valence-electron chi connectivity index (χ1n) is 7.33. The zero-order chi connectivity index (χ0) is 12.5. The van der Waals surface area contributed by atoms with Crippen molar-refractivity contribution in [3.8, 4) is 0 Å². The predicted molar refractivity (Wildman–Crippen MR) is 77.8 cm³/mol. The lowest BCUT2D eigenvalue weighted by atomic mass is 9.96. The molecule has 0 aromatic rings. The molecule has 1 nitrogen and oxygen atoms in total. The zero-order valence-corrected chi connectivity index (χ0v) is 11.9. The summed E-state index contributed by atoms with van der Waals surface area (Å²) in [5.41, 5.74) is 1.44. The fourth-order valence-electron chi connectivity index (χ4n) is 2.39. The SMILES string of the molecule is CC(C)=CCCC(C)CC=NC1CCCCC1. The molecule has 0 aromatic heterocycles. The molecule has 0 bridgehead atoms. The van der Waals surface area contributed by atoms with Crippen LogP contribution >= 0.6 is 0 Å². The van der Waals surface area contributed by atoms with Crippen LogP contribution in [-0.4, -0.2) is 12.3 Å². The van der Waals surface area contributed by atoms with Crippen molar-refractivity contribution in [1.82, 2.24) is 0 Å². The maximum atomic E-state index is 4.73. The average Bonchev–Trinajstić information content (AvgIpc) is 2.30. The Hall–Kier alpha value is -0.590. The van der Waals surface area contributed by atoms with Gasteiger partial charge in [-0.2, -0.15) is 0 Å². The molecule has 0 aliphatic heterocycles. The van der Waals surface area contributed by atoms with Crippen molar-refractivity contribution in [1.29, 1.82) is 0 Å². The van der Waals surface area contributed by atoms with Crippen LogP contribution in [0.2, 0.25) is 0 Å². The van der Waals surface area contributed by atoms with Gasteiger partial charge in [0.15, 0.2) is 0 Å². The molecular weight excluding hydrogens is 206 g/mol. The summed E-state index contributed by atoms with van der Waals surface area (Å²) in [6.07, 6.45) is 15.1. The lowest BCUT2D eigenvalue weighted by Crippen LogP contribution is -2.09. The summed E-state index contributed by atoms with van der Waals surface area (Å²) >= 11 is 0. The van der Waals surface area contributed by atoms with Crippen molar-refractivity contribution in [3.05, 3.63) is 11.6 Å². The maximum Gasteiger partial charge on any atom is 0.0495 e. The fraction of sp³-hybridized carbons (Fsp3) is 0.812. The van der Waals surface area contributed by atoms with E-state index in [0.29, 0.717) is 6.04 Å². The van der Waals surface area contributed by atoms with Gasteiger partial charge in [0.05, 0.1) is 0 Å². The summed E-state index contributed by atoms with van der Waals surface area (Å²) < 4.78 is 0. The van der Waals surface area contributed by atoms with Crippen molar-refractivity contribution in [2.75, 3.05) is 0 Å². The third-order valence-corrected chi connectivity index (χ3v) is 3.61. The highest BCUT2D eigenvalue weighted by Gasteiger charge is 2.10. The van der Waals surface area contributed by atoms with Crippen LogP contribution in [0.4, 0.5) is 0 Å². The molecule has 1 heteroatoms. The molecule has 0 amide bonds. The fourth-order valence-corrected chi connectivity index (χ4v) is 2.39. The second kappa shape index (κ2) is 8.49. The first kappa shape index (κ1) is 14.5. The molecule has 0 aromatic carbocycles. The van der Waals surface area contributed by atoms with Crippen LogP contribution in [0.1, 0.15) is 72.1 Å². The van der Waals surface area contributed by atoms with Crippen LogP contribution in [-0.2, 0) is 0 Å². The molecule has 1 atom stereocenters. The van der Waals surface area contributed by atoms with E-state index in [4.69, 9.17) is 4.99 Å². The molecule has 98 valence electrons. The summed E-state index contributed by atoms with van der Waals surface area (Å²) in [5, 5.41) is 0. The highest BCUT2D eigenvalue weighted by Crippen LogP contribution is 2.20. The van der Waals surface area contributed by atoms with Gasteiger partial charge in [-0.1, -0.05) is 37.8 Å². The Morgan fingerprint density at radius 1 is 1.24 bits per heavy atom. The highest BCUT2D eigenvalue weighted by molar-refractivity contribution is 5.57. The van der Waals surface area contributed by atoms with Gasteiger partial charge >= 0.3 is 0 Å². The van der Waals surface area contributed by atoms with Gasteiger partial charge in [-0.3, -0.25) is 4.99 Å². The Balaban J connectivity index is 2.11. The van der Waals surface area contributed by atoms with Crippen molar-refractivity contribution >= 4 is 6.21 Å². The van der Waals surface area contributed by atoms with E-state index in [2.05, 4.69) is 33.1 Å².